The number of anilines is 3. The van der Waals surface area contributed by atoms with E-state index in [-0.39, 0.29) is 5.95 Å². The van der Waals surface area contributed by atoms with Gasteiger partial charge in [-0.15, -0.1) is 0 Å². The molecule has 0 spiro atoms. The van der Waals surface area contributed by atoms with Crippen molar-refractivity contribution in [3.05, 3.63) is 60.2 Å². The second kappa shape index (κ2) is 7.91. The number of H-pyrrole nitrogens is 1. The van der Waals surface area contributed by atoms with Crippen molar-refractivity contribution in [2.75, 3.05) is 16.4 Å². The van der Waals surface area contributed by atoms with E-state index in [1.54, 1.807) is 0 Å². The molecule has 31 heavy (non-hydrogen) atoms. The molecule has 7 nitrogen and oxygen atoms in total. The molecule has 2 aromatic carbocycles. The molecule has 0 amide bonds. The predicted octanol–water partition coefficient (Wildman–Crippen LogP) is 4.17. The molecule has 1 saturated heterocycles. The first-order valence-electron chi connectivity index (χ1n) is 10.8. The first-order chi connectivity index (χ1) is 15.1. The molecule has 0 saturated carbocycles. The number of nitrogens with one attached hydrogen (secondary N) is 1. The first-order valence-corrected chi connectivity index (χ1v) is 10.8. The Morgan fingerprint density at radius 2 is 1.87 bits per heavy atom. The highest BCUT2D eigenvalue weighted by Crippen LogP contribution is 2.33. The zero-order valence-corrected chi connectivity index (χ0v) is 17.6. The van der Waals surface area contributed by atoms with Crippen LogP contribution in [0.3, 0.4) is 0 Å². The van der Waals surface area contributed by atoms with Crippen LogP contribution in [0, 0.1) is 0 Å². The van der Waals surface area contributed by atoms with E-state index in [0.29, 0.717) is 17.9 Å². The highest BCUT2D eigenvalue weighted by atomic mass is 15.3. The van der Waals surface area contributed by atoms with Gasteiger partial charge in [-0.1, -0.05) is 36.4 Å². The van der Waals surface area contributed by atoms with Crippen LogP contribution in [-0.4, -0.2) is 32.2 Å². The molecule has 3 heterocycles. The number of piperidine rings is 1. The number of fused-ring (bicyclic) bond motifs is 1. The SMILES string of the molecule is C[C@@H]1CCCC(Cc2ccccc2)N1c1cc(-c2ccc3c(N)n[nH]c3c2)nc(N)n1. The van der Waals surface area contributed by atoms with Crippen LogP contribution in [0.15, 0.2) is 54.6 Å². The van der Waals surface area contributed by atoms with Crippen LogP contribution in [0.25, 0.3) is 22.2 Å². The third kappa shape index (κ3) is 3.79. The quantitative estimate of drug-likeness (QED) is 0.463. The fraction of sp³-hybridized carbons (Fsp3) is 0.292. The van der Waals surface area contributed by atoms with Crippen LogP contribution < -0.4 is 16.4 Å². The zero-order valence-electron chi connectivity index (χ0n) is 17.6. The summed E-state index contributed by atoms with van der Waals surface area (Å²) in [6.45, 7) is 2.27. The standard InChI is InChI=1S/C24H27N7/c1-15-6-5-9-18(12-16-7-3-2-4-8-16)31(15)22-14-20(27-24(26)28-22)17-10-11-19-21(13-17)29-30-23(19)25/h2-4,7-8,10-11,13-15,18H,5-6,9,12H2,1H3,(H3,25,29,30)(H2,26,27,28)/t15-,18?/m1/s1. The molecule has 158 valence electrons. The van der Waals surface area contributed by atoms with E-state index in [9.17, 15) is 0 Å². The predicted molar refractivity (Wildman–Crippen MR) is 126 cm³/mol. The van der Waals surface area contributed by atoms with Crippen molar-refractivity contribution in [1.29, 1.82) is 0 Å². The first kappa shape index (κ1) is 19.4. The molecular weight excluding hydrogens is 386 g/mol. The Labute approximate surface area is 181 Å². The molecule has 0 aliphatic carbocycles. The summed E-state index contributed by atoms with van der Waals surface area (Å²) in [5.41, 5.74) is 16.1. The smallest absolute Gasteiger partial charge is 0.222 e. The maximum atomic E-state index is 6.17. The van der Waals surface area contributed by atoms with Gasteiger partial charge in [-0.05, 0) is 50.3 Å². The van der Waals surface area contributed by atoms with Gasteiger partial charge in [-0.2, -0.15) is 10.1 Å². The van der Waals surface area contributed by atoms with Gasteiger partial charge in [-0.3, -0.25) is 5.10 Å². The average molecular weight is 414 g/mol. The fourth-order valence-electron chi connectivity index (χ4n) is 4.72. The molecule has 0 bridgehead atoms. The summed E-state index contributed by atoms with van der Waals surface area (Å²) in [5.74, 6) is 1.67. The highest BCUT2D eigenvalue weighted by molar-refractivity contribution is 5.91. The normalized spacial score (nSPS) is 19.1. The van der Waals surface area contributed by atoms with E-state index in [2.05, 4.69) is 68.4 Å². The van der Waals surface area contributed by atoms with Crippen molar-refractivity contribution in [3.63, 3.8) is 0 Å². The Bertz CT molecular complexity index is 1200. The van der Waals surface area contributed by atoms with Crippen molar-refractivity contribution in [2.45, 2.75) is 44.7 Å². The minimum absolute atomic E-state index is 0.285. The van der Waals surface area contributed by atoms with Crippen molar-refractivity contribution >= 4 is 28.5 Å². The summed E-state index contributed by atoms with van der Waals surface area (Å²) in [7, 11) is 0. The van der Waals surface area contributed by atoms with E-state index >= 15 is 0 Å². The number of aromatic amines is 1. The Morgan fingerprint density at radius 1 is 1.03 bits per heavy atom. The van der Waals surface area contributed by atoms with Crippen molar-refractivity contribution in [1.82, 2.24) is 20.2 Å². The van der Waals surface area contributed by atoms with Gasteiger partial charge < -0.3 is 16.4 Å². The van der Waals surface area contributed by atoms with E-state index in [0.717, 1.165) is 47.2 Å². The van der Waals surface area contributed by atoms with Crippen molar-refractivity contribution in [3.8, 4) is 11.3 Å². The Morgan fingerprint density at radius 3 is 2.71 bits per heavy atom. The third-order valence-electron chi connectivity index (χ3n) is 6.22. The summed E-state index contributed by atoms with van der Waals surface area (Å²) < 4.78 is 0. The lowest BCUT2D eigenvalue weighted by atomic mass is 9.91. The van der Waals surface area contributed by atoms with E-state index in [4.69, 9.17) is 11.5 Å². The number of nitrogen functional groups attached to an aromatic ring is 2. The molecule has 0 radical (unpaired) electrons. The molecule has 4 aromatic rings. The zero-order chi connectivity index (χ0) is 21.4. The van der Waals surface area contributed by atoms with Gasteiger partial charge in [-0.25, -0.2) is 4.98 Å². The van der Waals surface area contributed by atoms with Crippen LogP contribution in [0.2, 0.25) is 0 Å². The largest absolute Gasteiger partial charge is 0.382 e. The summed E-state index contributed by atoms with van der Waals surface area (Å²) in [4.78, 5) is 11.6. The molecule has 1 aliphatic rings. The van der Waals surface area contributed by atoms with Crippen molar-refractivity contribution in [2.24, 2.45) is 0 Å². The minimum Gasteiger partial charge on any atom is -0.382 e. The van der Waals surface area contributed by atoms with Gasteiger partial charge in [0.25, 0.3) is 0 Å². The Balaban J connectivity index is 1.52. The molecular formula is C24H27N7. The summed E-state index contributed by atoms with van der Waals surface area (Å²) >= 11 is 0. The van der Waals surface area contributed by atoms with Gasteiger partial charge in [0, 0.05) is 29.1 Å². The number of nitrogens with two attached hydrogens (primary N) is 2. The number of rotatable bonds is 4. The number of nitrogens with zero attached hydrogens (tertiary/aromatic N) is 4. The van der Waals surface area contributed by atoms with E-state index < -0.39 is 0 Å². The number of hydrogen-bond donors (Lipinski definition) is 3. The maximum absolute atomic E-state index is 6.17. The summed E-state index contributed by atoms with van der Waals surface area (Å²) in [6, 6.07) is 19.4. The Hall–Kier alpha value is -3.61. The lowest BCUT2D eigenvalue weighted by Gasteiger charge is -2.42. The van der Waals surface area contributed by atoms with Gasteiger partial charge in [0.1, 0.15) is 5.82 Å². The second-order valence-corrected chi connectivity index (χ2v) is 8.37. The van der Waals surface area contributed by atoms with Crippen LogP contribution in [0.1, 0.15) is 31.7 Å². The van der Waals surface area contributed by atoms with E-state index in [1.807, 2.05) is 18.2 Å². The molecule has 7 heteroatoms. The van der Waals surface area contributed by atoms with Gasteiger partial charge >= 0.3 is 0 Å². The number of aromatic nitrogens is 4. The summed E-state index contributed by atoms with van der Waals surface area (Å²) in [6.07, 6.45) is 4.49. The lowest BCUT2D eigenvalue weighted by Crippen LogP contribution is -2.47. The van der Waals surface area contributed by atoms with Crippen LogP contribution in [-0.2, 0) is 6.42 Å². The Kier molecular flexibility index (Phi) is 4.94. The molecule has 1 aliphatic heterocycles. The van der Waals surface area contributed by atoms with Crippen LogP contribution in [0.4, 0.5) is 17.6 Å². The van der Waals surface area contributed by atoms with Crippen LogP contribution >= 0.6 is 0 Å². The van der Waals surface area contributed by atoms with Gasteiger partial charge in [0.15, 0.2) is 5.82 Å². The molecule has 2 aromatic heterocycles. The van der Waals surface area contributed by atoms with Crippen molar-refractivity contribution < 1.29 is 0 Å². The van der Waals surface area contributed by atoms with E-state index in [1.165, 1.54) is 12.0 Å². The molecule has 5 N–H and O–H groups in total. The average Bonchev–Trinajstić information content (AvgIpc) is 3.14. The number of benzene rings is 2. The maximum Gasteiger partial charge on any atom is 0.222 e. The molecule has 1 unspecified atom stereocenters. The van der Waals surface area contributed by atoms with Gasteiger partial charge in [0.05, 0.1) is 11.2 Å². The van der Waals surface area contributed by atoms with Gasteiger partial charge in [0.2, 0.25) is 5.95 Å². The minimum atomic E-state index is 0.285. The lowest BCUT2D eigenvalue weighted by molar-refractivity contribution is 0.391. The third-order valence-corrected chi connectivity index (χ3v) is 6.22. The molecule has 2 atom stereocenters. The second-order valence-electron chi connectivity index (χ2n) is 8.37. The fourth-order valence-corrected chi connectivity index (χ4v) is 4.72. The topological polar surface area (TPSA) is 110 Å². The molecule has 5 rings (SSSR count). The molecule has 1 fully saturated rings. The highest BCUT2D eigenvalue weighted by Gasteiger charge is 2.29. The number of hydrogen-bond acceptors (Lipinski definition) is 6. The van der Waals surface area contributed by atoms with Crippen LogP contribution in [0.5, 0.6) is 0 Å². The monoisotopic (exact) mass is 413 g/mol. The summed E-state index contributed by atoms with van der Waals surface area (Å²) in [5, 5.41) is 7.96.